The number of hydrogen-bond acceptors (Lipinski definition) is 3. The normalized spacial score (nSPS) is 11.3. The van der Waals surface area contributed by atoms with Crippen molar-refractivity contribution >= 4 is 32.6 Å². The van der Waals surface area contributed by atoms with Gasteiger partial charge in [-0.15, -0.1) is 0 Å². The van der Waals surface area contributed by atoms with Crippen molar-refractivity contribution < 1.29 is 4.74 Å². The van der Waals surface area contributed by atoms with Gasteiger partial charge >= 0.3 is 0 Å². The monoisotopic (exact) mass is 336 g/mol. The van der Waals surface area contributed by atoms with Crippen molar-refractivity contribution in [3.63, 3.8) is 0 Å². The Labute approximate surface area is 150 Å². The van der Waals surface area contributed by atoms with Gasteiger partial charge in [0.25, 0.3) is 0 Å². The van der Waals surface area contributed by atoms with Crippen LogP contribution in [-0.4, -0.2) is 17.1 Å². The molecule has 4 aromatic carbocycles. The molecule has 5 aromatic rings. The first-order valence-electron chi connectivity index (χ1n) is 8.56. The third-order valence-corrected chi connectivity index (χ3v) is 4.79. The Kier molecular flexibility index (Phi) is 3.32. The van der Waals surface area contributed by atoms with E-state index in [9.17, 15) is 0 Å². The van der Waals surface area contributed by atoms with Crippen LogP contribution in [0.4, 0.5) is 0 Å². The van der Waals surface area contributed by atoms with Crippen LogP contribution in [0, 0.1) is 0 Å². The summed E-state index contributed by atoms with van der Waals surface area (Å²) in [5, 5.41) is 4.66. The Morgan fingerprint density at radius 3 is 2.04 bits per heavy atom. The first-order valence-corrected chi connectivity index (χ1v) is 8.56. The minimum atomic E-state index is 0.813. The van der Waals surface area contributed by atoms with Crippen LogP contribution in [0.25, 0.3) is 43.8 Å². The molecule has 124 valence electrons. The van der Waals surface area contributed by atoms with E-state index in [2.05, 4.69) is 42.5 Å². The van der Waals surface area contributed by atoms with Crippen molar-refractivity contribution in [1.82, 2.24) is 9.97 Å². The fraction of sp³-hybridized carbons (Fsp3) is 0.0435. The first-order chi connectivity index (χ1) is 12.8. The summed E-state index contributed by atoms with van der Waals surface area (Å²) in [6.07, 6.45) is 1.85. The Morgan fingerprint density at radius 2 is 1.35 bits per heavy atom. The Hall–Kier alpha value is -3.46. The third-order valence-electron chi connectivity index (χ3n) is 4.79. The zero-order valence-corrected chi connectivity index (χ0v) is 14.3. The van der Waals surface area contributed by atoms with Crippen LogP contribution in [0.5, 0.6) is 5.75 Å². The van der Waals surface area contributed by atoms with E-state index >= 15 is 0 Å². The van der Waals surface area contributed by atoms with Crippen LogP contribution in [0.15, 0.2) is 79.0 Å². The molecule has 0 aliphatic heterocycles. The zero-order chi connectivity index (χ0) is 17.5. The van der Waals surface area contributed by atoms with Crippen LogP contribution in [0.2, 0.25) is 0 Å². The second-order valence-corrected chi connectivity index (χ2v) is 6.28. The fourth-order valence-corrected chi connectivity index (χ4v) is 3.54. The number of fused-ring (bicyclic) bond motifs is 6. The lowest BCUT2D eigenvalue weighted by atomic mass is 9.99. The minimum absolute atomic E-state index is 0.813. The molecule has 0 bridgehead atoms. The molecule has 0 saturated carbocycles. The van der Waals surface area contributed by atoms with E-state index in [0.717, 1.165) is 38.8 Å². The van der Waals surface area contributed by atoms with Crippen LogP contribution >= 0.6 is 0 Å². The minimum Gasteiger partial charge on any atom is -0.497 e. The Bertz CT molecular complexity index is 1240. The summed E-state index contributed by atoms with van der Waals surface area (Å²) in [4.78, 5) is 9.77. The highest BCUT2D eigenvalue weighted by Gasteiger charge is 2.12. The maximum Gasteiger partial charge on any atom is 0.119 e. The molecule has 0 spiro atoms. The van der Waals surface area contributed by atoms with Crippen LogP contribution < -0.4 is 4.74 Å². The lowest BCUT2D eigenvalue weighted by Crippen LogP contribution is -1.92. The Morgan fingerprint density at radius 1 is 0.692 bits per heavy atom. The van der Waals surface area contributed by atoms with E-state index in [0.29, 0.717) is 0 Å². The quantitative estimate of drug-likeness (QED) is 0.393. The standard InChI is InChI=1S/C23H16N2O/c1-26-16-8-6-7-15(13-16)21-14-24-22-19-11-4-2-9-17(19)18-10-3-5-12-20(18)23(22)25-21/h2-14H,1H3. The van der Waals surface area contributed by atoms with Crippen molar-refractivity contribution in [1.29, 1.82) is 0 Å². The molecule has 0 saturated heterocycles. The van der Waals surface area contributed by atoms with Crippen molar-refractivity contribution in [2.45, 2.75) is 0 Å². The van der Waals surface area contributed by atoms with Gasteiger partial charge in [0.1, 0.15) is 5.75 Å². The van der Waals surface area contributed by atoms with E-state index in [1.165, 1.54) is 10.8 Å². The summed E-state index contributed by atoms with van der Waals surface area (Å²) in [5.74, 6) is 0.813. The van der Waals surface area contributed by atoms with Gasteiger partial charge < -0.3 is 4.74 Å². The highest BCUT2D eigenvalue weighted by Crippen LogP contribution is 2.34. The molecule has 3 heteroatoms. The largest absolute Gasteiger partial charge is 0.497 e. The van der Waals surface area contributed by atoms with E-state index in [-0.39, 0.29) is 0 Å². The predicted molar refractivity (Wildman–Crippen MR) is 107 cm³/mol. The van der Waals surface area contributed by atoms with Gasteiger partial charge in [0.05, 0.1) is 30.0 Å². The fourth-order valence-electron chi connectivity index (χ4n) is 3.54. The molecule has 0 atom stereocenters. The van der Waals surface area contributed by atoms with Crippen LogP contribution in [0.3, 0.4) is 0 Å². The van der Waals surface area contributed by atoms with Crippen molar-refractivity contribution in [3.05, 3.63) is 79.0 Å². The number of rotatable bonds is 2. The zero-order valence-electron chi connectivity index (χ0n) is 14.3. The molecular weight excluding hydrogens is 320 g/mol. The van der Waals surface area contributed by atoms with Crippen LogP contribution in [-0.2, 0) is 0 Å². The molecule has 3 nitrogen and oxygen atoms in total. The number of ether oxygens (including phenoxy) is 1. The molecule has 1 aromatic heterocycles. The number of methoxy groups -OCH3 is 1. The average molecular weight is 336 g/mol. The molecule has 0 aliphatic rings. The summed E-state index contributed by atoms with van der Waals surface area (Å²) in [6, 6.07) is 24.7. The number of benzene rings is 4. The van der Waals surface area contributed by atoms with Crippen LogP contribution in [0.1, 0.15) is 0 Å². The summed E-state index contributed by atoms with van der Waals surface area (Å²) in [7, 11) is 1.67. The lowest BCUT2D eigenvalue weighted by molar-refractivity contribution is 0.415. The molecule has 0 amide bonds. The molecule has 1 heterocycles. The molecule has 0 aliphatic carbocycles. The second kappa shape index (κ2) is 5.81. The van der Waals surface area contributed by atoms with Gasteiger partial charge in [-0.05, 0) is 22.9 Å². The van der Waals surface area contributed by atoms with E-state index < -0.39 is 0 Å². The van der Waals surface area contributed by atoms with Crippen molar-refractivity contribution in [2.24, 2.45) is 0 Å². The predicted octanol–water partition coefficient (Wildman–Crippen LogP) is 5.61. The SMILES string of the molecule is COc1cccc(-c2cnc3c4ccccc4c4ccccc4c3n2)c1. The van der Waals surface area contributed by atoms with Gasteiger partial charge in [-0.3, -0.25) is 4.98 Å². The molecular formula is C23H16N2O. The topological polar surface area (TPSA) is 35.0 Å². The maximum atomic E-state index is 5.34. The third kappa shape index (κ3) is 2.21. The summed E-state index contributed by atoms with van der Waals surface area (Å²) in [5.41, 5.74) is 3.71. The molecule has 0 unspecified atom stereocenters. The molecule has 5 rings (SSSR count). The molecule has 0 radical (unpaired) electrons. The van der Waals surface area contributed by atoms with Gasteiger partial charge in [-0.25, -0.2) is 4.98 Å². The summed E-state index contributed by atoms with van der Waals surface area (Å²) >= 11 is 0. The molecule has 0 N–H and O–H groups in total. The van der Waals surface area contributed by atoms with E-state index in [1.807, 2.05) is 36.5 Å². The first kappa shape index (κ1) is 14.8. The molecule has 26 heavy (non-hydrogen) atoms. The van der Waals surface area contributed by atoms with E-state index in [4.69, 9.17) is 14.7 Å². The number of nitrogens with zero attached hydrogens (tertiary/aromatic N) is 2. The van der Waals surface area contributed by atoms with Gasteiger partial charge in [0.2, 0.25) is 0 Å². The number of aromatic nitrogens is 2. The van der Waals surface area contributed by atoms with Gasteiger partial charge in [-0.2, -0.15) is 0 Å². The van der Waals surface area contributed by atoms with E-state index in [1.54, 1.807) is 7.11 Å². The van der Waals surface area contributed by atoms with Gasteiger partial charge in [-0.1, -0.05) is 60.7 Å². The van der Waals surface area contributed by atoms with Crippen molar-refractivity contribution in [2.75, 3.05) is 7.11 Å². The lowest BCUT2D eigenvalue weighted by Gasteiger charge is -2.10. The van der Waals surface area contributed by atoms with Gasteiger partial charge in [0, 0.05) is 16.3 Å². The Balaban J connectivity index is 1.88. The highest BCUT2D eigenvalue weighted by molar-refractivity contribution is 6.23. The average Bonchev–Trinajstić information content (AvgIpc) is 2.73. The maximum absolute atomic E-state index is 5.34. The summed E-state index contributed by atoms with van der Waals surface area (Å²) in [6.45, 7) is 0. The summed E-state index contributed by atoms with van der Waals surface area (Å²) < 4.78 is 5.34. The number of hydrogen-bond donors (Lipinski definition) is 0. The molecule has 0 fully saturated rings. The van der Waals surface area contributed by atoms with Crippen molar-refractivity contribution in [3.8, 4) is 17.0 Å². The highest BCUT2D eigenvalue weighted by atomic mass is 16.5. The van der Waals surface area contributed by atoms with Gasteiger partial charge in [0.15, 0.2) is 0 Å². The smallest absolute Gasteiger partial charge is 0.119 e. The second-order valence-electron chi connectivity index (χ2n) is 6.28.